The van der Waals surface area contributed by atoms with E-state index >= 15 is 0 Å². The predicted octanol–water partition coefficient (Wildman–Crippen LogP) is 2.60. The molecule has 0 saturated heterocycles. The van der Waals surface area contributed by atoms with Gasteiger partial charge < -0.3 is 19.5 Å². The molecule has 0 aromatic heterocycles. The van der Waals surface area contributed by atoms with E-state index in [2.05, 4.69) is 5.32 Å². The standard InChI is InChI=1S/C19H18FNO6/c1-12(22)21-13-7-8-14(15(20)9-13)16(23)10-27-19(24)11-26-18-6-4-3-5-17(18)25-2/h3-9H,10-11H2,1-2H3,(H,21,22). The lowest BCUT2D eigenvalue weighted by Crippen LogP contribution is -2.20. The van der Waals surface area contributed by atoms with E-state index in [0.717, 1.165) is 6.07 Å². The van der Waals surface area contributed by atoms with Crippen LogP contribution in [0.3, 0.4) is 0 Å². The number of benzene rings is 2. The smallest absolute Gasteiger partial charge is 0.344 e. The second kappa shape index (κ2) is 9.33. The maximum Gasteiger partial charge on any atom is 0.344 e. The fraction of sp³-hybridized carbons (Fsp3) is 0.211. The first-order valence-electron chi connectivity index (χ1n) is 7.92. The fourth-order valence-corrected chi connectivity index (χ4v) is 2.16. The van der Waals surface area contributed by atoms with Crippen LogP contribution in [0.2, 0.25) is 0 Å². The Balaban J connectivity index is 1.87. The maximum absolute atomic E-state index is 14.0. The van der Waals surface area contributed by atoms with Gasteiger partial charge in [-0.1, -0.05) is 12.1 Å². The predicted molar refractivity (Wildman–Crippen MR) is 94.5 cm³/mol. The summed E-state index contributed by atoms with van der Waals surface area (Å²) >= 11 is 0. The molecular weight excluding hydrogens is 357 g/mol. The molecule has 0 saturated carbocycles. The van der Waals surface area contributed by atoms with Gasteiger partial charge in [-0.25, -0.2) is 9.18 Å². The van der Waals surface area contributed by atoms with Gasteiger partial charge in [-0.2, -0.15) is 0 Å². The van der Waals surface area contributed by atoms with Crippen LogP contribution in [0, 0.1) is 5.82 Å². The van der Waals surface area contributed by atoms with E-state index in [-0.39, 0.29) is 17.2 Å². The SMILES string of the molecule is COc1ccccc1OCC(=O)OCC(=O)c1ccc(NC(C)=O)cc1F. The van der Waals surface area contributed by atoms with Crippen molar-refractivity contribution in [2.75, 3.05) is 25.6 Å². The highest BCUT2D eigenvalue weighted by Crippen LogP contribution is 2.25. The molecule has 0 atom stereocenters. The number of ether oxygens (including phenoxy) is 3. The zero-order chi connectivity index (χ0) is 19.8. The minimum Gasteiger partial charge on any atom is -0.493 e. The van der Waals surface area contributed by atoms with Gasteiger partial charge in [0, 0.05) is 12.6 Å². The van der Waals surface area contributed by atoms with Gasteiger partial charge in [0.2, 0.25) is 11.7 Å². The molecule has 2 aromatic carbocycles. The van der Waals surface area contributed by atoms with E-state index in [1.807, 2.05) is 0 Å². The number of hydrogen-bond donors (Lipinski definition) is 1. The van der Waals surface area contributed by atoms with Gasteiger partial charge >= 0.3 is 5.97 Å². The highest BCUT2D eigenvalue weighted by molar-refractivity contribution is 5.99. The van der Waals surface area contributed by atoms with Crippen molar-refractivity contribution in [1.29, 1.82) is 0 Å². The molecule has 0 spiro atoms. The zero-order valence-electron chi connectivity index (χ0n) is 14.8. The van der Waals surface area contributed by atoms with Crippen molar-refractivity contribution >= 4 is 23.3 Å². The molecule has 7 nitrogen and oxygen atoms in total. The lowest BCUT2D eigenvalue weighted by atomic mass is 10.1. The van der Waals surface area contributed by atoms with Gasteiger partial charge in [-0.3, -0.25) is 9.59 Å². The molecule has 0 aliphatic rings. The highest BCUT2D eigenvalue weighted by Gasteiger charge is 2.16. The molecule has 2 aromatic rings. The summed E-state index contributed by atoms with van der Waals surface area (Å²) in [5.74, 6) is -1.90. The van der Waals surface area contributed by atoms with E-state index in [1.165, 1.54) is 26.2 Å². The number of amides is 1. The topological polar surface area (TPSA) is 90.9 Å². The van der Waals surface area contributed by atoms with Gasteiger partial charge in [-0.15, -0.1) is 0 Å². The third kappa shape index (κ3) is 5.81. The largest absolute Gasteiger partial charge is 0.493 e. The van der Waals surface area contributed by atoms with Crippen molar-refractivity contribution < 1.29 is 33.0 Å². The van der Waals surface area contributed by atoms with Crippen LogP contribution >= 0.6 is 0 Å². The Kier molecular flexibility index (Phi) is 6.87. The number of anilines is 1. The molecule has 0 radical (unpaired) electrons. The summed E-state index contributed by atoms with van der Waals surface area (Å²) < 4.78 is 29.2. The summed E-state index contributed by atoms with van der Waals surface area (Å²) in [6, 6.07) is 10.3. The summed E-state index contributed by atoms with van der Waals surface area (Å²) in [6.45, 7) is 0.214. The van der Waals surface area contributed by atoms with Crippen molar-refractivity contribution in [3.8, 4) is 11.5 Å². The van der Waals surface area contributed by atoms with Gasteiger partial charge in [0.25, 0.3) is 0 Å². The number of halogens is 1. The van der Waals surface area contributed by atoms with Crippen LogP contribution in [0.25, 0.3) is 0 Å². The molecule has 0 aliphatic heterocycles. The van der Waals surface area contributed by atoms with Crippen LogP contribution in [0.4, 0.5) is 10.1 Å². The maximum atomic E-state index is 14.0. The Labute approximate surface area is 155 Å². The van der Waals surface area contributed by atoms with Crippen LogP contribution < -0.4 is 14.8 Å². The second-order valence-corrected chi connectivity index (χ2v) is 5.40. The molecule has 0 heterocycles. The number of Topliss-reactive ketones (excluding diaryl/α,β-unsaturated/α-hetero) is 1. The number of hydrogen-bond acceptors (Lipinski definition) is 6. The van der Waals surface area contributed by atoms with E-state index in [4.69, 9.17) is 14.2 Å². The number of methoxy groups -OCH3 is 1. The van der Waals surface area contributed by atoms with Crippen LogP contribution in [0.1, 0.15) is 17.3 Å². The molecule has 27 heavy (non-hydrogen) atoms. The first-order valence-corrected chi connectivity index (χ1v) is 7.92. The molecule has 142 valence electrons. The number of carbonyl (C=O) groups is 3. The number of rotatable bonds is 8. The Morgan fingerprint density at radius 1 is 1.04 bits per heavy atom. The lowest BCUT2D eigenvalue weighted by molar-refractivity contribution is -0.144. The molecule has 0 unspecified atom stereocenters. The van der Waals surface area contributed by atoms with Crippen molar-refractivity contribution in [2.24, 2.45) is 0 Å². The first-order chi connectivity index (χ1) is 12.9. The summed E-state index contributed by atoms with van der Waals surface area (Å²) in [5, 5.41) is 2.40. The lowest BCUT2D eigenvalue weighted by Gasteiger charge is -2.10. The Morgan fingerprint density at radius 3 is 2.37 bits per heavy atom. The van der Waals surface area contributed by atoms with Crippen molar-refractivity contribution in [1.82, 2.24) is 0 Å². The quantitative estimate of drug-likeness (QED) is 0.563. The molecule has 1 amide bonds. The molecule has 0 aliphatic carbocycles. The van der Waals surface area contributed by atoms with Crippen molar-refractivity contribution in [3.05, 3.63) is 53.8 Å². The monoisotopic (exact) mass is 375 g/mol. The summed E-state index contributed by atoms with van der Waals surface area (Å²) in [6.07, 6.45) is 0. The van der Waals surface area contributed by atoms with Gasteiger partial charge in [-0.05, 0) is 30.3 Å². The van der Waals surface area contributed by atoms with E-state index in [9.17, 15) is 18.8 Å². The fourth-order valence-electron chi connectivity index (χ4n) is 2.16. The van der Waals surface area contributed by atoms with E-state index in [0.29, 0.717) is 11.5 Å². The number of ketones is 1. The number of esters is 1. The molecular formula is C19H18FNO6. The van der Waals surface area contributed by atoms with Crippen LogP contribution in [0.15, 0.2) is 42.5 Å². The third-order valence-electron chi connectivity index (χ3n) is 3.37. The first kappa shape index (κ1) is 19.9. The molecule has 2 rings (SSSR count). The molecule has 0 fully saturated rings. The Hall–Kier alpha value is -3.42. The minimum atomic E-state index is -0.826. The molecule has 1 N–H and O–H groups in total. The molecule has 0 bridgehead atoms. The zero-order valence-corrected chi connectivity index (χ0v) is 14.8. The Bertz CT molecular complexity index is 852. The average molecular weight is 375 g/mol. The normalized spacial score (nSPS) is 10.0. The minimum absolute atomic E-state index is 0.221. The summed E-state index contributed by atoms with van der Waals surface area (Å²) in [7, 11) is 1.46. The van der Waals surface area contributed by atoms with E-state index < -0.39 is 30.8 Å². The van der Waals surface area contributed by atoms with Gasteiger partial charge in [0.05, 0.1) is 12.7 Å². The van der Waals surface area contributed by atoms with E-state index in [1.54, 1.807) is 24.3 Å². The third-order valence-corrected chi connectivity index (χ3v) is 3.37. The summed E-state index contributed by atoms with van der Waals surface area (Å²) in [4.78, 5) is 34.7. The highest BCUT2D eigenvalue weighted by atomic mass is 19.1. The average Bonchev–Trinajstić information content (AvgIpc) is 2.64. The van der Waals surface area contributed by atoms with Crippen LogP contribution in [0.5, 0.6) is 11.5 Å². The van der Waals surface area contributed by atoms with Gasteiger partial charge in [0.1, 0.15) is 5.82 Å². The van der Waals surface area contributed by atoms with Crippen molar-refractivity contribution in [3.63, 3.8) is 0 Å². The van der Waals surface area contributed by atoms with Gasteiger partial charge in [0.15, 0.2) is 24.7 Å². The van der Waals surface area contributed by atoms with Crippen LogP contribution in [-0.4, -0.2) is 38.0 Å². The second-order valence-electron chi connectivity index (χ2n) is 5.40. The summed E-state index contributed by atoms with van der Waals surface area (Å²) in [5.41, 5.74) is -0.0266. The number of para-hydroxylation sites is 2. The number of carbonyl (C=O) groups excluding carboxylic acids is 3. The van der Waals surface area contributed by atoms with Crippen molar-refractivity contribution in [2.45, 2.75) is 6.92 Å². The molecule has 8 heteroatoms. The Morgan fingerprint density at radius 2 is 1.74 bits per heavy atom. The van der Waals surface area contributed by atoms with Crippen LogP contribution in [-0.2, 0) is 14.3 Å². The number of nitrogens with one attached hydrogen (secondary N) is 1.